The molecule has 1 fully saturated rings. The standard InChI is InChI=1S/C19H33N5O3.CH2O2/c1-4-9-27-17-10-14(7-8-16(17)23-19(26)20-5-2)18(25)21-11-15-12-24(6-3)13-22-15;2-1-3/h12-14,16-17H,4-11H2,1-3H3,(H,21,25)(H2,20,23,26);1H,(H,2,3)/t14-,16+,17+;/m0./s1. The lowest BCUT2D eigenvalue weighted by Crippen LogP contribution is -2.52. The molecule has 1 aliphatic carbocycles. The highest BCUT2D eigenvalue weighted by molar-refractivity contribution is 5.79. The zero-order valence-electron chi connectivity index (χ0n) is 18.1. The Morgan fingerprint density at radius 3 is 2.63 bits per heavy atom. The number of urea groups is 1. The van der Waals surface area contributed by atoms with Gasteiger partial charge in [0.25, 0.3) is 6.47 Å². The van der Waals surface area contributed by atoms with Crippen molar-refractivity contribution in [2.75, 3.05) is 13.2 Å². The minimum atomic E-state index is -0.250. The molecule has 0 aliphatic heterocycles. The summed E-state index contributed by atoms with van der Waals surface area (Å²) in [6.07, 6.45) is 6.56. The van der Waals surface area contributed by atoms with Gasteiger partial charge in [-0.15, -0.1) is 0 Å². The van der Waals surface area contributed by atoms with Crippen molar-refractivity contribution < 1.29 is 24.2 Å². The van der Waals surface area contributed by atoms with Crippen molar-refractivity contribution in [2.45, 2.75) is 71.7 Å². The number of nitrogens with zero attached hydrogens (tertiary/aromatic N) is 2. The van der Waals surface area contributed by atoms with Crippen LogP contribution < -0.4 is 16.0 Å². The number of imidazole rings is 1. The average Bonchev–Trinajstić information content (AvgIpc) is 3.20. The Morgan fingerprint density at radius 1 is 1.30 bits per heavy atom. The van der Waals surface area contributed by atoms with Gasteiger partial charge in [0.1, 0.15) is 0 Å². The quantitative estimate of drug-likeness (QED) is 0.443. The first kappa shape index (κ1) is 25.4. The Labute approximate surface area is 177 Å². The summed E-state index contributed by atoms with van der Waals surface area (Å²) in [5, 5.41) is 15.6. The molecule has 0 unspecified atom stereocenters. The Hall–Kier alpha value is -2.62. The van der Waals surface area contributed by atoms with Gasteiger partial charge in [-0.2, -0.15) is 0 Å². The molecule has 4 N–H and O–H groups in total. The molecule has 0 aromatic carbocycles. The topological polar surface area (TPSA) is 135 Å². The predicted molar refractivity (Wildman–Crippen MR) is 112 cm³/mol. The van der Waals surface area contributed by atoms with Gasteiger partial charge in [0.2, 0.25) is 5.91 Å². The van der Waals surface area contributed by atoms with E-state index in [-0.39, 0.29) is 36.5 Å². The Balaban J connectivity index is 0.00000141. The van der Waals surface area contributed by atoms with Crippen molar-refractivity contribution in [1.29, 1.82) is 0 Å². The molecule has 1 aliphatic rings. The number of ether oxygens (including phenoxy) is 1. The summed E-state index contributed by atoms with van der Waals surface area (Å²) >= 11 is 0. The highest BCUT2D eigenvalue weighted by Crippen LogP contribution is 2.27. The fraction of sp³-hybridized carbons (Fsp3) is 0.700. The number of amides is 3. The van der Waals surface area contributed by atoms with Crippen molar-refractivity contribution in [2.24, 2.45) is 5.92 Å². The van der Waals surface area contributed by atoms with E-state index in [2.05, 4.69) is 27.9 Å². The van der Waals surface area contributed by atoms with Crippen molar-refractivity contribution in [1.82, 2.24) is 25.5 Å². The first-order chi connectivity index (χ1) is 14.5. The van der Waals surface area contributed by atoms with Crippen LogP contribution in [0.4, 0.5) is 4.79 Å². The highest BCUT2D eigenvalue weighted by atomic mass is 16.5. The number of hydrogen-bond acceptors (Lipinski definition) is 5. The molecule has 1 heterocycles. The molecule has 0 saturated heterocycles. The predicted octanol–water partition coefficient (Wildman–Crippen LogP) is 1.50. The summed E-state index contributed by atoms with van der Waals surface area (Å²) in [5.41, 5.74) is 0.857. The van der Waals surface area contributed by atoms with Crippen LogP contribution in [0.15, 0.2) is 12.5 Å². The van der Waals surface area contributed by atoms with Gasteiger partial charge in [-0.05, 0) is 39.5 Å². The number of carbonyl (C=O) groups is 3. The van der Waals surface area contributed by atoms with E-state index in [4.69, 9.17) is 14.6 Å². The maximum atomic E-state index is 12.6. The van der Waals surface area contributed by atoms with Crippen LogP contribution in [0.3, 0.4) is 0 Å². The van der Waals surface area contributed by atoms with Crippen LogP contribution in [0.25, 0.3) is 0 Å². The summed E-state index contributed by atoms with van der Waals surface area (Å²) < 4.78 is 7.93. The largest absolute Gasteiger partial charge is 0.483 e. The van der Waals surface area contributed by atoms with E-state index in [0.29, 0.717) is 26.1 Å². The fourth-order valence-corrected chi connectivity index (χ4v) is 3.36. The summed E-state index contributed by atoms with van der Waals surface area (Å²) in [7, 11) is 0. The van der Waals surface area contributed by atoms with Gasteiger partial charge in [-0.1, -0.05) is 6.92 Å². The van der Waals surface area contributed by atoms with Crippen LogP contribution in [-0.2, 0) is 27.4 Å². The zero-order chi connectivity index (χ0) is 22.4. The Morgan fingerprint density at radius 2 is 2.03 bits per heavy atom. The third-order valence-electron chi connectivity index (χ3n) is 4.85. The molecule has 0 bridgehead atoms. The fourth-order valence-electron chi connectivity index (χ4n) is 3.36. The monoisotopic (exact) mass is 425 g/mol. The molecule has 0 spiro atoms. The molecule has 0 radical (unpaired) electrons. The van der Waals surface area contributed by atoms with Crippen molar-refractivity contribution in [3.8, 4) is 0 Å². The van der Waals surface area contributed by atoms with Gasteiger partial charge in [0.05, 0.1) is 30.7 Å². The van der Waals surface area contributed by atoms with Gasteiger partial charge in [0.15, 0.2) is 0 Å². The van der Waals surface area contributed by atoms with Gasteiger partial charge in [-0.3, -0.25) is 9.59 Å². The molecule has 3 atom stereocenters. The van der Waals surface area contributed by atoms with E-state index < -0.39 is 0 Å². The van der Waals surface area contributed by atoms with Crippen molar-refractivity contribution in [3.63, 3.8) is 0 Å². The number of carboxylic acid groups (broad SMARTS) is 1. The van der Waals surface area contributed by atoms with Crippen molar-refractivity contribution in [3.05, 3.63) is 18.2 Å². The lowest BCUT2D eigenvalue weighted by Gasteiger charge is -2.35. The molecule has 3 amide bonds. The van der Waals surface area contributed by atoms with Crippen LogP contribution in [0.5, 0.6) is 0 Å². The molecular formula is C20H35N5O5. The van der Waals surface area contributed by atoms with Gasteiger partial charge in [0, 0.05) is 31.8 Å². The minimum Gasteiger partial charge on any atom is -0.483 e. The minimum absolute atomic E-state index is 0.0302. The van der Waals surface area contributed by atoms with Gasteiger partial charge < -0.3 is 30.4 Å². The number of rotatable bonds is 9. The number of nitrogens with one attached hydrogen (secondary N) is 3. The maximum Gasteiger partial charge on any atom is 0.315 e. The molecular weight excluding hydrogens is 390 g/mol. The molecule has 10 nitrogen and oxygen atoms in total. The average molecular weight is 426 g/mol. The Kier molecular flexibility index (Phi) is 12.2. The lowest BCUT2D eigenvalue weighted by atomic mass is 9.83. The normalized spacial score (nSPS) is 20.4. The van der Waals surface area contributed by atoms with Crippen LogP contribution in [0.1, 0.15) is 52.1 Å². The first-order valence-electron chi connectivity index (χ1n) is 10.5. The smallest absolute Gasteiger partial charge is 0.315 e. The van der Waals surface area contributed by atoms with Gasteiger partial charge >= 0.3 is 6.03 Å². The van der Waals surface area contributed by atoms with Crippen LogP contribution in [-0.4, -0.2) is 58.4 Å². The molecule has 10 heteroatoms. The molecule has 1 saturated carbocycles. The summed E-state index contributed by atoms with van der Waals surface area (Å²) in [5.74, 6) is -0.0741. The Bertz CT molecular complexity index is 651. The van der Waals surface area contributed by atoms with Gasteiger partial charge in [-0.25, -0.2) is 9.78 Å². The van der Waals surface area contributed by atoms with E-state index in [1.54, 1.807) is 6.33 Å². The summed E-state index contributed by atoms with van der Waals surface area (Å²) in [6.45, 7) is 8.24. The van der Waals surface area contributed by atoms with Crippen LogP contribution in [0, 0.1) is 5.92 Å². The third kappa shape index (κ3) is 8.81. The molecule has 170 valence electrons. The molecule has 1 aromatic heterocycles. The molecule has 1 aromatic rings. The van der Waals surface area contributed by atoms with E-state index in [1.807, 2.05) is 24.6 Å². The molecule has 30 heavy (non-hydrogen) atoms. The van der Waals surface area contributed by atoms with Crippen LogP contribution >= 0.6 is 0 Å². The summed E-state index contributed by atoms with van der Waals surface area (Å²) in [4.78, 5) is 37.1. The number of aromatic nitrogens is 2. The summed E-state index contributed by atoms with van der Waals surface area (Å²) in [6, 6.07) is -0.241. The number of aryl methyl sites for hydroxylation is 1. The number of hydrogen-bond donors (Lipinski definition) is 4. The number of carbonyl (C=O) groups excluding carboxylic acids is 2. The van der Waals surface area contributed by atoms with E-state index in [9.17, 15) is 9.59 Å². The van der Waals surface area contributed by atoms with E-state index in [1.165, 1.54) is 0 Å². The maximum absolute atomic E-state index is 12.6. The second-order valence-electron chi connectivity index (χ2n) is 7.05. The lowest BCUT2D eigenvalue weighted by molar-refractivity contribution is -0.128. The second kappa shape index (κ2) is 14.4. The zero-order valence-corrected chi connectivity index (χ0v) is 18.1. The van der Waals surface area contributed by atoms with E-state index >= 15 is 0 Å². The van der Waals surface area contributed by atoms with Crippen molar-refractivity contribution >= 4 is 18.4 Å². The third-order valence-corrected chi connectivity index (χ3v) is 4.85. The first-order valence-corrected chi connectivity index (χ1v) is 10.5. The second-order valence-corrected chi connectivity index (χ2v) is 7.05. The molecule has 2 rings (SSSR count). The van der Waals surface area contributed by atoms with Crippen LogP contribution in [0.2, 0.25) is 0 Å². The highest BCUT2D eigenvalue weighted by Gasteiger charge is 2.35. The SMILES string of the molecule is CCCO[C@@H]1C[C@@H](C(=O)NCc2cn(CC)cn2)CC[C@H]1NC(=O)NCC.O=CO. The van der Waals surface area contributed by atoms with E-state index in [0.717, 1.165) is 31.5 Å².